The first kappa shape index (κ1) is 19.5. The van der Waals surface area contributed by atoms with Crippen LogP contribution in [-0.4, -0.2) is 41.3 Å². The van der Waals surface area contributed by atoms with Gasteiger partial charge in [-0.1, -0.05) is 40.5 Å². The summed E-state index contributed by atoms with van der Waals surface area (Å²) in [6, 6.07) is 4.83. The number of carbonyl (C=O) groups is 1. The number of halogens is 2. The fourth-order valence-corrected chi connectivity index (χ4v) is 3.78. The van der Waals surface area contributed by atoms with Crippen molar-refractivity contribution >= 4 is 40.7 Å². The predicted octanol–water partition coefficient (Wildman–Crippen LogP) is 3.22. The van der Waals surface area contributed by atoms with Crippen molar-refractivity contribution in [2.45, 2.75) is 12.8 Å². The van der Waals surface area contributed by atoms with E-state index in [9.17, 15) is 4.79 Å². The van der Waals surface area contributed by atoms with Gasteiger partial charge in [0.05, 0.1) is 27.9 Å². The van der Waals surface area contributed by atoms with Gasteiger partial charge in [0.25, 0.3) is 5.91 Å². The molecular weight excluding hydrogens is 413 g/mol. The summed E-state index contributed by atoms with van der Waals surface area (Å²) >= 11 is 12.0. The van der Waals surface area contributed by atoms with Crippen LogP contribution in [0.3, 0.4) is 0 Å². The molecule has 2 aliphatic heterocycles. The van der Waals surface area contributed by atoms with E-state index in [2.05, 4.69) is 16.7 Å². The second-order valence-corrected chi connectivity index (χ2v) is 7.89. The number of benzene rings is 1. The van der Waals surface area contributed by atoms with Crippen molar-refractivity contribution in [2.75, 3.05) is 25.4 Å². The van der Waals surface area contributed by atoms with E-state index in [1.54, 1.807) is 23.1 Å². The van der Waals surface area contributed by atoms with Gasteiger partial charge in [-0.25, -0.2) is 0 Å². The van der Waals surface area contributed by atoms with E-state index in [0.29, 0.717) is 65.2 Å². The Hall–Kier alpha value is -2.77. The molecule has 1 aromatic heterocycles. The van der Waals surface area contributed by atoms with Crippen molar-refractivity contribution < 1.29 is 9.32 Å². The summed E-state index contributed by atoms with van der Waals surface area (Å²) in [4.78, 5) is 19.4. The number of aliphatic imine (C=N–C) groups is 1. The molecule has 3 heterocycles. The second-order valence-electron chi connectivity index (χ2n) is 7.07. The molecule has 4 rings (SSSR count). The quantitative estimate of drug-likeness (QED) is 0.708. The summed E-state index contributed by atoms with van der Waals surface area (Å²) in [6.07, 6.45) is 1.06. The number of aromatic nitrogens is 1. The third kappa shape index (κ3) is 3.63. The first-order chi connectivity index (χ1) is 13.8. The average Bonchev–Trinajstić information content (AvgIpc) is 2.95. The Morgan fingerprint density at radius 3 is 2.79 bits per heavy atom. The summed E-state index contributed by atoms with van der Waals surface area (Å²) in [6.45, 7) is 5.24. The Balaban J connectivity index is 1.67. The lowest BCUT2D eigenvalue weighted by Crippen LogP contribution is -2.40. The minimum absolute atomic E-state index is 0.160. The van der Waals surface area contributed by atoms with Crippen molar-refractivity contribution in [1.29, 1.82) is 0 Å². The van der Waals surface area contributed by atoms with Gasteiger partial charge in [-0.3, -0.25) is 9.79 Å². The van der Waals surface area contributed by atoms with Crippen LogP contribution in [0.4, 0.5) is 5.88 Å². The minimum atomic E-state index is -0.160. The summed E-state index contributed by atoms with van der Waals surface area (Å²) in [5.74, 6) is 0.0848. The molecule has 0 saturated carbocycles. The van der Waals surface area contributed by atoms with Gasteiger partial charge in [0.1, 0.15) is 5.69 Å². The molecule has 2 aliphatic rings. The molecule has 0 atom stereocenters. The topological polar surface area (TPSA) is 111 Å². The highest BCUT2D eigenvalue weighted by molar-refractivity contribution is 6.42. The normalized spacial score (nSPS) is 17.1. The zero-order chi connectivity index (χ0) is 20.7. The number of anilines is 1. The van der Waals surface area contributed by atoms with Crippen LogP contribution in [0.25, 0.3) is 0 Å². The van der Waals surface area contributed by atoms with Gasteiger partial charge in [0.2, 0.25) is 5.88 Å². The highest BCUT2D eigenvalue weighted by Crippen LogP contribution is 2.29. The number of hydrogen-bond acceptors (Lipinski definition) is 6. The number of rotatable bonds is 2. The molecule has 0 bridgehead atoms. The van der Waals surface area contributed by atoms with Gasteiger partial charge < -0.3 is 20.9 Å². The maximum Gasteiger partial charge on any atom is 0.254 e. The van der Waals surface area contributed by atoms with Gasteiger partial charge in [-0.15, -0.1) is 0 Å². The van der Waals surface area contributed by atoms with Crippen LogP contribution in [-0.2, 0) is 6.42 Å². The van der Waals surface area contributed by atoms with Gasteiger partial charge in [-0.2, -0.15) is 0 Å². The first-order valence-electron chi connectivity index (χ1n) is 9.02. The Morgan fingerprint density at radius 2 is 2.03 bits per heavy atom. The van der Waals surface area contributed by atoms with Gasteiger partial charge in [0, 0.05) is 42.8 Å². The maximum atomic E-state index is 13.0. The zero-order valence-electron chi connectivity index (χ0n) is 15.5. The maximum absolute atomic E-state index is 13.0. The molecule has 1 aromatic carbocycles. The Labute approximate surface area is 177 Å². The molecule has 0 saturated heterocycles. The van der Waals surface area contributed by atoms with Gasteiger partial charge >= 0.3 is 0 Å². The third-order valence-electron chi connectivity index (χ3n) is 5.06. The van der Waals surface area contributed by atoms with Crippen LogP contribution in [0.5, 0.6) is 0 Å². The predicted molar refractivity (Wildman–Crippen MR) is 113 cm³/mol. The summed E-state index contributed by atoms with van der Waals surface area (Å²) < 4.78 is 5.18. The standard InChI is InChI=1S/C20H19Cl2N5O2/c1-10-6-12-18(26-29-19(12)24)17(25-8-10)13-9-27(5-4-16(13)23)20(28)11-2-3-14(21)15(22)7-11/h2-3,7H,1,4-6,8-9,23-24H2. The van der Waals surface area contributed by atoms with E-state index in [1.165, 1.54) is 0 Å². The number of nitrogens with two attached hydrogens (primary N) is 2. The molecule has 2 aromatic rings. The van der Waals surface area contributed by atoms with Crippen molar-refractivity contribution in [1.82, 2.24) is 10.1 Å². The van der Waals surface area contributed by atoms with E-state index in [-0.39, 0.29) is 11.8 Å². The Bertz CT molecular complexity index is 1090. The average molecular weight is 432 g/mol. The number of nitrogens with zero attached hydrogens (tertiary/aromatic N) is 3. The van der Waals surface area contributed by atoms with E-state index < -0.39 is 0 Å². The summed E-state index contributed by atoms with van der Waals surface area (Å²) in [7, 11) is 0. The lowest BCUT2D eigenvalue weighted by Gasteiger charge is -2.30. The molecular formula is C20H19Cl2N5O2. The number of nitrogen functional groups attached to an aromatic ring is 1. The smallest absolute Gasteiger partial charge is 0.254 e. The molecule has 0 spiro atoms. The number of amides is 1. The largest absolute Gasteiger partial charge is 0.402 e. The fraction of sp³-hybridized carbons (Fsp3) is 0.250. The van der Waals surface area contributed by atoms with Crippen LogP contribution < -0.4 is 11.5 Å². The van der Waals surface area contributed by atoms with Crippen molar-refractivity contribution in [3.05, 3.63) is 68.5 Å². The van der Waals surface area contributed by atoms with Crippen molar-refractivity contribution in [2.24, 2.45) is 10.7 Å². The molecule has 1 amide bonds. The highest BCUT2D eigenvalue weighted by atomic mass is 35.5. The lowest BCUT2D eigenvalue weighted by molar-refractivity contribution is 0.0766. The van der Waals surface area contributed by atoms with E-state index >= 15 is 0 Å². The number of carbonyl (C=O) groups excluding carboxylic acids is 1. The van der Waals surface area contributed by atoms with E-state index in [1.807, 2.05) is 0 Å². The monoisotopic (exact) mass is 431 g/mol. The van der Waals surface area contributed by atoms with Crippen LogP contribution >= 0.6 is 23.2 Å². The van der Waals surface area contributed by atoms with E-state index in [0.717, 1.165) is 16.7 Å². The fourth-order valence-electron chi connectivity index (χ4n) is 3.48. The molecule has 9 heteroatoms. The minimum Gasteiger partial charge on any atom is -0.402 e. The molecule has 150 valence electrons. The van der Waals surface area contributed by atoms with Crippen LogP contribution in [0.1, 0.15) is 28.0 Å². The highest BCUT2D eigenvalue weighted by Gasteiger charge is 2.30. The van der Waals surface area contributed by atoms with Gasteiger partial charge in [-0.05, 0) is 18.2 Å². The SMILES string of the molecule is C=C1CN=C(C2=C(N)CCN(C(=O)c3ccc(Cl)c(Cl)c3)C2)c2noc(N)c2C1. The Morgan fingerprint density at radius 1 is 1.24 bits per heavy atom. The molecule has 4 N–H and O–H groups in total. The van der Waals surface area contributed by atoms with Crippen LogP contribution in [0, 0.1) is 0 Å². The zero-order valence-corrected chi connectivity index (χ0v) is 17.1. The second kappa shape index (κ2) is 7.57. The molecule has 0 radical (unpaired) electrons. The third-order valence-corrected chi connectivity index (χ3v) is 5.80. The van der Waals surface area contributed by atoms with Gasteiger partial charge in [0.15, 0.2) is 0 Å². The Kier molecular flexibility index (Phi) is 5.10. The first-order valence-corrected chi connectivity index (χ1v) is 9.78. The summed E-state index contributed by atoms with van der Waals surface area (Å²) in [5, 5.41) is 4.83. The number of hydrogen-bond donors (Lipinski definition) is 2. The molecule has 0 unspecified atom stereocenters. The van der Waals surface area contributed by atoms with E-state index in [4.69, 9.17) is 39.2 Å². The summed E-state index contributed by atoms with van der Waals surface area (Å²) in [5.41, 5.74) is 16.9. The van der Waals surface area contributed by atoms with Crippen molar-refractivity contribution in [3.63, 3.8) is 0 Å². The van der Waals surface area contributed by atoms with Crippen LogP contribution in [0.2, 0.25) is 10.0 Å². The number of fused-ring (bicyclic) bond motifs is 1. The molecule has 29 heavy (non-hydrogen) atoms. The van der Waals surface area contributed by atoms with Crippen molar-refractivity contribution in [3.8, 4) is 0 Å². The van der Waals surface area contributed by atoms with Crippen LogP contribution in [0.15, 0.2) is 51.1 Å². The molecule has 0 aliphatic carbocycles. The molecule has 7 nitrogen and oxygen atoms in total. The lowest BCUT2D eigenvalue weighted by atomic mass is 9.96. The molecule has 0 fully saturated rings.